The average Bonchev–Trinajstić information content (AvgIpc) is 2.73. The standard InChI is InChI=1S/C14H16N2O2S/c1-9-8-16(14(17)18-9)11-4-5-12-10(7-11)3-6-13(19)15(12)2/h4-5,7,9H,3,6,8H2,1-2H3/t9-/m0/s1. The lowest BCUT2D eigenvalue weighted by molar-refractivity contribution is 0.150. The van der Waals surface area contributed by atoms with Crippen LogP contribution in [-0.4, -0.2) is 30.8 Å². The first kappa shape index (κ1) is 12.4. The van der Waals surface area contributed by atoms with E-state index in [0.29, 0.717) is 6.54 Å². The number of ether oxygens (including phenoxy) is 1. The molecule has 0 bridgehead atoms. The maximum atomic E-state index is 11.7. The largest absolute Gasteiger partial charge is 0.444 e. The number of hydrogen-bond donors (Lipinski definition) is 0. The topological polar surface area (TPSA) is 32.8 Å². The van der Waals surface area contributed by atoms with Crippen LogP contribution in [0.2, 0.25) is 0 Å². The van der Waals surface area contributed by atoms with E-state index in [9.17, 15) is 4.79 Å². The van der Waals surface area contributed by atoms with Gasteiger partial charge in [-0.1, -0.05) is 12.2 Å². The van der Waals surface area contributed by atoms with Gasteiger partial charge in [0.1, 0.15) is 6.10 Å². The number of hydrogen-bond acceptors (Lipinski definition) is 3. The Kier molecular flexibility index (Phi) is 2.93. The van der Waals surface area contributed by atoms with Crippen molar-refractivity contribution in [2.45, 2.75) is 25.9 Å². The van der Waals surface area contributed by atoms with Crippen molar-refractivity contribution in [3.8, 4) is 0 Å². The van der Waals surface area contributed by atoms with Gasteiger partial charge in [0.15, 0.2) is 0 Å². The molecule has 1 saturated heterocycles. The summed E-state index contributed by atoms with van der Waals surface area (Å²) in [7, 11) is 1.99. The highest BCUT2D eigenvalue weighted by atomic mass is 32.1. The molecule has 19 heavy (non-hydrogen) atoms. The molecular weight excluding hydrogens is 260 g/mol. The number of nitrogens with zero attached hydrogens (tertiary/aromatic N) is 2. The molecule has 2 aliphatic rings. The average molecular weight is 276 g/mol. The van der Waals surface area contributed by atoms with Crippen LogP contribution in [-0.2, 0) is 11.2 Å². The summed E-state index contributed by atoms with van der Waals surface area (Å²) in [6, 6.07) is 6.07. The highest BCUT2D eigenvalue weighted by molar-refractivity contribution is 7.80. The maximum Gasteiger partial charge on any atom is 0.414 e. The second-order valence-electron chi connectivity index (χ2n) is 5.07. The van der Waals surface area contributed by atoms with Crippen LogP contribution in [0.5, 0.6) is 0 Å². The Labute approximate surface area is 117 Å². The molecule has 1 amide bonds. The van der Waals surface area contributed by atoms with Gasteiger partial charge >= 0.3 is 6.09 Å². The van der Waals surface area contributed by atoms with Gasteiger partial charge in [0, 0.05) is 24.8 Å². The molecule has 2 aliphatic heterocycles. The Morgan fingerprint density at radius 1 is 1.37 bits per heavy atom. The Morgan fingerprint density at radius 3 is 2.84 bits per heavy atom. The summed E-state index contributed by atoms with van der Waals surface area (Å²) in [5.41, 5.74) is 3.29. The normalized spacial score (nSPS) is 22.5. The van der Waals surface area contributed by atoms with Crippen molar-refractivity contribution in [3.05, 3.63) is 23.8 Å². The molecule has 5 heteroatoms. The van der Waals surface area contributed by atoms with Crippen molar-refractivity contribution < 1.29 is 9.53 Å². The molecule has 0 saturated carbocycles. The predicted molar refractivity (Wildman–Crippen MR) is 79.1 cm³/mol. The van der Waals surface area contributed by atoms with Gasteiger partial charge < -0.3 is 9.64 Å². The molecule has 3 rings (SSSR count). The van der Waals surface area contributed by atoms with Crippen LogP contribution < -0.4 is 9.80 Å². The van der Waals surface area contributed by atoms with Gasteiger partial charge in [-0.3, -0.25) is 4.90 Å². The number of thiocarbonyl (C=S) groups is 1. The first-order valence-electron chi connectivity index (χ1n) is 6.44. The van der Waals surface area contributed by atoms with Crippen molar-refractivity contribution >= 4 is 34.7 Å². The molecule has 1 fully saturated rings. The first-order valence-corrected chi connectivity index (χ1v) is 6.84. The lowest BCUT2D eigenvalue weighted by atomic mass is 10.0. The molecule has 0 aromatic heterocycles. The number of rotatable bonds is 1. The molecule has 4 nitrogen and oxygen atoms in total. The fourth-order valence-corrected chi connectivity index (χ4v) is 2.83. The number of carbonyl (C=O) groups excluding carboxylic acids is 1. The Balaban J connectivity index is 1.94. The second-order valence-corrected chi connectivity index (χ2v) is 5.54. The zero-order valence-corrected chi connectivity index (χ0v) is 11.9. The summed E-state index contributed by atoms with van der Waals surface area (Å²) in [6.07, 6.45) is 1.53. The van der Waals surface area contributed by atoms with E-state index in [1.807, 2.05) is 31.0 Å². The third-order valence-electron chi connectivity index (χ3n) is 3.68. The monoisotopic (exact) mass is 276 g/mol. The number of cyclic esters (lactones) is 1. The highest BCUT2D eigenvalue weighted by Gasteiger charge is 2.30. The van der Waals surface area contributed by atoms with Crippen molar-refractivity contribution in [3.63, 3.8) is 0 Å². The molecule has 1 atom stereocenters. The summed E-state index contributed by atoms with van der Waals surface area (Å²) in [5.74, 6) is 0. The van der Waals surface area contributed by atoms with Gasteiger partial charge in [-0.2, -0.15) is 0 Å². The number of anilines is 2. The fraction of sp³-hybridized carbons (Fsp3) is 0.429. The van der Waals surface area contributed by atoms with E-state index >= 15 is 0 Å². The van der Waals surface area contributed by atoms with Gasteiger partial charge in [-0.25, -0.2) is 4.79 Å². The summed E-state index contributed by atoms with van der Waals surface area (Å²) >= 11 is 5.32. The first-order chi connectivity index (χ1) is 9.06. The molecule has 1 aromatic rings. The molecule has 0 aliphatic carbocycles. The summed E-state index contributed by atoms with van der Waals surface area (Å²) < 4.78 is 5.17. The molecular formula is C14H16N2O2S. The Hall–Kier alpha value is -1.62. The molecule has 0 unspecified atom stereocenters. The van der Waals surface area contributed by atoms with E-state index < -0.39 is 0 Å². The van der Waals surface area contributed by atoms with E-state index in [-0.39, 0.29) is 12.2 Å². The minimum atomic E-state index is -0.257. The zero-order valence-electron chi connectivity index (χ0n) is 11.0. The van der Waals surface area contributed by atoms with Crippen molar-refractivity contribution in [2.75, 3.05) is 23.4 Å². The van der Waals surface area contributed by atoms with Gasteiger partial charge in [0.2, 0.25) is 0 Å². The zero-order chi connectivity index (χ0) is 13.6. The predicted octanol–water partition coefficient (Wildman–Crippen LogP) is 2.74. The molecule has 100 valence electrons. The number of benzene rings is 1. The SMILES string of the molecule is C[C@H]1CN(c2ccc3c(c2)CCC(=S)N3C)C(=O)O1. The molecule has 2 heterocycles. The van der Waals surface area contributed by atoms with E-state index in [1.165, 1.54) is 5.56 Å². The number of carbonyl (C=O) groups is 1. The van der Waals surface area contributed by atoms with Gasteiger partial charge in [0.05, 0.1) is 11.5 Å². The lowest BCUT2D eigenvalue weighted by Crippen LogP contribution is -2.30. The van der Waals surface area contributed by atoms with Gasteiger partial charge in [-0.15, -0.1) is 0 Å². The summed E-state index contributed by atoms with van der Waals surface area (Å²) in [5, 5.41) is 0. The van der Waals surface area contributed by atoms with E-state index in [4.69, 9.17) is 17.0 Å². The van der Waals surface area contributed by atoms with E-state index in [2.05, 4.69) is 6.07 Å². The van der Waals surface area contributed by atoms with Crippen molar-refractivity contribution in [2.24, 2.45) is 0 Å². The van der Waals surface area contributed by atoms with E-state index in [0.717, 1.165) is 29.2 Å². The molecule has 0 N–H and O–H groups in total. The van der Waals surface area contributed by atoms with Crippen LogP contribution in [0.1, 0.15) is 18.9 Å². The van der Waals surface area contributed by atoms with Crippen LogP contribution in [0.4, 0.5) is 16.2 Å². The second kappa shape index (κ2) is 4.49. The van der Waals surface area contributed by atoms with Gasteiger partial charge in [-0.05, 0) is 37.1 Å². The fourth-order valence-electron chi connectivity index (χ4n) is 2.63. The van der Waals surface area contributed by atoms with Crippen molar-refractivity contribution in [1.29, 1.82) is 0 Å². The van der Waals surface area contributed by atoms with Gasteiger partial charge in [0.25, 0.3) is 0 Å². The van der Waals surface area contributed by atoms with Crippen LogP contribution in [0.3, 0.4) is 0 Å². The summed E-state index contributed by atoms with van der Waals surface area (Å²) in [4.78, 5) is 16.4. The Morgan fingerprint density at radius 2 is 2.16 bits per heavy atom. The van der Waals surface area contributed by atoms with Crippen LogP contribution >= 0.6 is 12.2 Å². The van der Waals surface area contributed by atoms with Crippen molar-refractivity contribution in [1.82, 2.24) is 0 Å². The molecule has 0 radical (unpaired) electrons. The summed E-state index contributed by atoms with van der Waals surface area (Å²) in [6.45, 7) is 2.52. The van der Waals surface area contributed by atoms with E-state index in [1.54, 1.807) is 4.90 Å². The van der Waals surface area contributed by atoms with Crippen LogP contribution in [0.15, 0.2) is 18.2 Å². The molecule has 0 spiro atoms. The highest BCUT2D eigenvalue weighted by Crippen LogP contribution is 2.32. The minimum absolute atomic E-state index is 0.0428. The smallest absolute Gasteiger partial charge is 0.414 e. The molecule has 1 aromatic carbocycles. The number of aryl methyl sites for hydroxylation is 1. The number of fused-ring (bicyclic) bond motifs is 1. The quantitative estimate of drug-likeness (QED) is 0.738. The maximum absolute atomic E-state index is 11.7. The van der Waals surface area contributed by atoms with Crippen LogP contribution in [0.25, 0.3) is 0 Å². The number of amides is 1. The minimum Gasteiger partial charge on any atom is -0.444 e. The third kappa shape index (κ3) is 2.08. The lowest BCUT2D eigenvalue weighted by Gasteiger charge is -2.29. The Bertz CT molecular complexity index is 558. The van der Waals surface area contributed by atoms with Crippen LogP contribution in [0, 0.1) is 0 Å². The third-order valence-corrected chi connectivity index (χ3v) is 4.16.